The highest BCUT2D eigenvalue weighted by molar-refractivity contribution is 9.10. The highest BCUT2D eigenvalue weighted by Gasteiger charge is 2.11. The largest absolute Gasteiger partial charge is 0.496 e. The third-order valence-corrected chi connectivity index (χ3v) is 3.41. The molecule has 0 unspecified atom stereocenters. The average Bonchev–Trinajstić information content (AvgIpc) is 2.43. The number of methoxy groups -OCH3 is 1. The molecule has 0 atom stereocenters. The molecule has 0 aliphatic heterocycles. The Hall–Kier alpha value is -2.01. The summed E-state index contributed by atoms with van der Waals surface area (Å²) in [4.78, 5) is 12.1. The minimum Gasteiger partial charge on any atom is -0.496 e. The van der Waals surface area contributed by atoms with E-state index in [4.69, 9.17) is 15.2 Å². The topological polar surface area (TPSA) is 61.5 Å². The number of nitrogens with two attached hydrogens (primary N) is 1. The van der Waals surface area contributed by atoms with Crippen molar-refractivity contribution in [2.24, 2.45) is 0 Å². The molecule has 110 valence electrons. The fourth-order valence-electron chi connectivity index (χ4n) is 1.98. The molecule has 0 aromatic heterocycles. The zero-order chi connectivity index (χ0) is 15.4. The number of carbonyl (C=O) groups excluding carboxylic acids is 1. The van der Waals surface area contributed by atoms with Gasteiger partial charge in [0.2, 0.25) is 0 Å². The van der Waals surface area contributed by atoms with E-state index in [9.17, 15) is 4.79 Å². The Morgan fingerprint density at radius 3 is 2.67 bits per heavy atom. The summed E-state index contributed by atoms with van der Waals surface area (Å²) in [6.07, 6.45) is 0. The number of benzene rings is 2. The van der Waals surface area contributed by atoms with Crippen LogP contribution < -0.4 is 10.5 Å². The predicted molar refractivity (Wildman–Crippen MR) is 85.4 cm³/mol. The van der Waals surface area contributed by atoms with E-state index in [1.807, 2.05) is 25.1 Å². The van der Waals surface area contributed by atoms with E-state index in [1.54, 1.807) is 25.3 Å². The van der Waals surface area contributed by atoms with Crippen LogP contribution in [-0.4, -0.2) is 13.1 Å². The summed E-state index contributed by atoms with van der Waals surface area (Å²) in [6.45, 7) is 2.12. The van der Waals surface area contributed by atoms with Gasteiger partial charge in [-0.2, -0.15) is 0 Å². The van der Waals surface area contributed by atoms with Crippen LogP contribution in [0.4, 0.5) is 5.69 Å². The molecular weight excluding hydrogens is 334 g/mol. The highest BCUT2D eigenvalue weighted by atomic mass is 79.9. The first-order valence-electron chi connectivity index (χ1n) is 6.36. The zero-order valence-electron chi connectivity index (χ0n) is 11.9. The molecule has 0 aliphatic carbocycles. The Kier molecular flexibility index (Phi) is 4.85. The van der Waals surface area contributed by atoms with Gasteiger partial charge in [0.05, 0.1) is 12.7 Å². The van der Waals surface area contributed by atoms with Crippen LogP contribution in [0, 0.1) is 6.92 Å². The number of anilines is 1. The maximum absolute atomic E-state index is 12.1. The molecule has 2 aromatic carbocycles. The van der Waals surface area contributed by atoms with Crippen LogP contribution in [0.5, 0.6) is 5.75 Å². The fraction of sp³-hybridized carbons (Fsp3) is 0.188. The van der Waals surface area contributed by atoms with E-state index in [1.165, 1.54) is 0 Å². The second kappa shape index (κ2) is 6.63. The zero-order valence-corrected chi connectivity index (χ0v) is 13.4. The van der Waals surface area contributed by atoms with Crippen LogP contribution in [0.25, 0.3) is 0 Å². The van der Waals surface area contributed by atoms with E-state index in [-0.39, 0.29) is 6.61 Å². The Balaban J connectivity index is 2.12. The van der Waals surface area contributed by atoms with Crippen LogP contribution in [0.15, 0.2) is 40.9 Å². The maximum Gasteiger partial charge on any atom is 0.338 e. The van der Waals surface area contributed by atoms with Crippen molar-refractivity contribution >= 4 is 27.6 Å². The molecule has 0 amide bonds. The Bertz CT molecular complexity index is 650. The monoisotopic (exact) mass is 349 g/mol. The number of aryl methyl sites for hydroxylation is 1. The predicted octanol–water partition coefficient (Wildman–Crippen LogP) is 3.71. The molecule has 2 N–H and O–H groups in total. The van der Waals surface area contributed by atoms with Crippen LogP contribution in [0.2, 0.25) is 0 Å². The first-order valence-corrected chi connectivity index (χ1v) is 7.15. The van der Waals surface area contributed by atoms with Crippen molar-refractivity contribution in [3.8, 4) is 5.75 Å². The van der Waals surface area contributed by atoms with Gasteiger partial charge in [0.25, 0.3) is 0 Å². The quantitative estimate of drug-likeness (QED) is 0.675. The first-order chi connectivity index (χ1) is 9.99. The number of ether oxygens (including phenoxy) is 2. The summed E-state index contributed by atoms with van der Waals surface area (Å²) >= 11 is 3.30. The standard InChI is InChI=1S/C16H16BrNO3/c1-10-3-4-15(20-2)12(5-10)9-21-16(19)11-6-13(17)8-14(18)7-11/h3-8H,9,18H2,1-2H3. The number of halogens is 1. The van der Waals surface area contributed by atoms with Gasteiger partial charge in [-0.1, -0.05) is 27.6 Å². The summed E-state index contributed by atoms with van der Waals surface area (Å²) in [5, 5.41) is 0. The minimum atomic E-state index is -0.424. The number of hydrogen-bond acceptors (Lipinski definition) is 4. The van der Waals surface area contributed by atoms with Gasteiger partial charge < -0.3 is 15.2 Å². The van der Waals surface area contributed by atoms with Crippen molar-refractivity contribution < 1.29 is 14.3 Å². The van der Waals surface area contributed by atoms with Gasteiger partial charge in [-0.3, -0.25) is 0 Å². The molecule has 4 nitrogen and oxygen atoms in total. The van der Waals surface area contributed by atoms with Gasteiger partial charge in [0.1, 0.15) is 12.4 Å². The molecule has 21 heavy (non-hydrogen) atoms. The van der Waals surface area contributed by atoms with Gasteiger partial charge in [0, 0.05) is 15.7 Å². The third-order valence-electron chi connectivity index (χ3n) is 2.95. The van der Waals surface area contributed by atoms with E-state index in [2.05, 4.69) is 15.9 Å². The van der Waals surface area contributed by atoms with Crippen LogP contribution in [0.3, 0.4) is 0 Å². The van der Waals surface area contributed by atoms with Crippen molar-refractivity contribution in [2.45, 2.75) is 13.5 Å². The van der Waals surface area contributed by atoms with Crippen LogP contribution in [-0.2, 0) is 11.3 Å². The van der Waals surface area contributed by atoms with Gasteiger partial charge >= 0.3 is 5.97 Å². The summed E-state index contributed by atoms with van der Waals surface area (Å²) in [5.41, 5.74) is 8.53. The molecule has 5 heteroatoms. The normalized spacial score (nSPS) is 10.2. The van der Waals surface area contributed by atoms with Crippen molar-refractivity contribution in [1.82, 2.24) is 0 Å². The number of carbonyl (C=O) groups is 1. The molecule has 0 saturated heterocycles. The smallest absolute Gasteiger partial charge is 0.338 e. The number of rotatable bonds is 4. The second-order valence-electron chi connectivity index (χ2n) is 4.66. The maximum atomic E-state index is 12.1. The molecule has 2 rings (SSSR count). The first kappa shape index (κ1) is 15.4. The number of nitrogen functional groups attached to an aromatic ring is 1. The second-order valence-corrected chi connectivity index (χ2v) is 5.58. The molecule has 0 aliphatic rings. The summed E-state index contributed by atoms with van der Waals surface area (Å²) in [5.74, 6) is 0.272. The van der Waals surface area contributed by atoms with Crippen molar-refractivity contribution in [1.29, 1.82) is 0 Å². The van der Waals surface area contributed by atoms with Crippen molar-refractivity contribution in [3.05, 3.63) is 57.6 Å². The fourth-order valence-corrected chi connectivity index (χ4v) is 2.49. The minimum absolute atomic E-state index is 0.149. The lowest BCUT2D eigenvalue weighted by Gasteiger charge is -2.10. The third kappa shape index (κ3) is 3.98. The van der Waals surface area contributed by atoms with Gasteiger partial charge in [0.15, 0.2) is 0 Å². The average molecular weight is 350 g/mol. The van der Waals surface area contributed by atoms with Gasteiger partial charge in [-0.25, -0.2) is 4.79 Å². The van der Waals surface area contributed by atoms with Crippen molar-refractivity contribution in [2.75, 3.05) is 12.8 Å². The lowest BCUT2D eigenvalue weighted by atomic mass is 10.1. The molecule has 0 fully saturated rings. The molecule has 0 heterocycles. The van der Waals surface area contributed by atoms with Crippen molar-refractivity contribution in [3.63, 3.8) is 0 Å². The Morgan fingerprint density at radius 2 is 2.00 bits per heavy atom. The lowest BCUT2D eigenvalue weighted by Crippen LogP contribution is -2.07. The number of esters is 1. The molecule has 0 radical (unpaired) electrons. The van der Waals surface area contributed by atoms with E-state index >= 15 is 0 Å². The molecular formula is C16H16BrNO3. The lowest BCUT2D eigenvalue weighted by molar-refractivity contribution is 0.0470. The van der Waals surface area contributed by atoms with E-state index in [0.717, 1.165) is 15.6 Å². The van der Waals surface area contributed by atoms with Crippen LogP contribution >= 0.6 is 15.9 Å². The van der Waals surface area contributed by atoms with Gasteiger partial charge in [-0.15, -0.1) is 0 Å². The molecule has 0 spiro atoms. The number of hydrogen-bond donors (Lipinski definition) is 1. The summed E-state index contributed by atoms with van der Waals surface area (Å²) < 4.78 is 11.3. The summed E-state index contributed by atoms with van der Waals surface area (Å²) in [7, 11) is 1.59. The van der Waals surface area contributed by atoms with E-state index in [0.29, 0.717) is 17.0 Å². The highest BCUT2D eigenvalue weighted by Crippen LogP contribution is 2.22. The van der Waals surface area contributed by atoms with Gasteiger partial charge in [-0.05, 0) is 37.3 Å². The summed E-state index contributed by atoms with van der Waals surface area (Å²) in [6, 6.07) is 10.7. The molecule has 0 bridgehead atoms. The Labute approximate surface area is 132 Å². The van der Waals surface area contributed by atoms with Crippen LogP contribution in [0.1, 0.15) is 21.5 Å². The molecule has 2 aromatic rings. The molecule has 0 saturated carbocycles. The Morgan fingerprint density at radius 1 is 1.24 bits per heavy atom. The SMILES string of the molecule is COc1ccc(C)cc1COC(=O)c1cc(N)cc(Br)c1. The van der Waals surface area contributed by atoms with E-state index < -0.39 is 5.97 Å².